The van der Waals surface area contributed by atoms with Crippen LogP contribution < -0.4 is 0 Å². The molecule has 0 aliphatic carbocycles. The molecule has 0 atom stereocenters. The average molecular weight is 628 g/mol. The molecule has 0 fully saturated rings. The lowest BCUT2D eigenvalue weighted by Gasteiger charge is -2.11. The van der Waals surface area contributed by atoms with E-state index < -0.39 is 0 Å². The number of pyridine rings is 1. The molecular weight excluding hydrogens is 599 g/mol. The Labute approximate surface area is 282 Å². The Kier molecular flexibility index (Phi) is 6.11. The van der Waals surface area contributed by atoms with E-state index in [4.69, 9.17) is 9.97 Å². The standard InChI is InChI=1S/C44H29N5/c1-4-13-31(14-5-1)43-46-41-36(25-27-45-44(41)49(43)34-18-8-3-9-19-34)32-15-12-20-35(29-32)48-38-22-11-10-21-37(38)40-39(48)24-23-30-26-28-47(42(30)40)33-16-6-2-7-17-33/h1-29H. The summed E-state index contributed by atoms with van der Waals surface area (Å²) in [5, 5.41) is 3.69. The fourth-order valence-corrected chi connectivity index (χ4v) is 7.38. The Bertz CT molecular complexity index is 2810. The van der Waals surface area contributed by atoms with Gasteiger partial charge in [0.25, 0.3) is 0 Å². The summed E-state index contributed by atoms with van der Waals surface area (Å²) >= 11 is 0. The summed E-state index contributed by atoms with van der Waals surface area (Å²) in [5.41, 5.74) is 11.7. The molecule has 5 heteroatoms. The fraction of sp³-hybridized carbons (Fsp3) is 0. The van der Waals surface area contributed by atoms with Crippen LogP contribution in [0, 0.1) is 0 Å². The summed E-state index contributed by atoms with van der Waals surface area (Å²) in [6.07, 6.45) is 4.08. The van der Waals surface area contributed by atoms with Crippen molar-refractivity contribution < 1.29 is 0 Å². The second-order valence-electron chi connectivity index (χ2n) is 12.3. The molecule has 6 aromatic carbocycles. The number of hydrogen-bond acceptors (Lipinski definition) is 2. The van der Waals surface area contributed by atoms with Crippen molar-refractivity contribution in [2.24, 2.45) is 0 Å². The van der Waals surface area contributed by atoms with Gasteiger partial charge in [0.2, 0.25) is 0 Å². The summed E-state index contributed by atoms with van der Waals surface area (Å²) in [6.45, 7) is 0. The Morgan fingerprint density at radius 3 is 2.00 bits per heavy atom. The van der Waals surface area contributed by atoms with Crippen LogP contribution in [0.1, 0.15) is 0 Å². The number of benzene rings is 6. The minimum absolute atomic E-state index is 0.828. The quantitative estimate of drug-likeness (QED) is 0.190. The molecule has 49 heavy (non-hydrogen) atoms. The van der Waals surface area contributed by atoms with Crippen LogP contribution in [-0.4, -0.2) is 23.7 Å². The van der Waals surface area contributed by atoms with Crippen molar-refractivity contribution in [3.8, 4) is 39.6 Å². The van der Waals surface area contributed by atoms with Gasteiger partial charge < -0.3 is 9.13 Å². The van der Waals surface area contributed by atoms with E-state index >= 15 is 0 Å². The summed E-state index contributed by atoms with van der Waals surface area (Å²) in [6, 6.07) is 57.6. The number of para-hydroxylation sites is 3. The minimum Gasteiger partial charge on any atom is -0.316 e. The summed E-state index contributed by atoms with van der Waals surface area (Å²) < 4.78 is 6.87. The van der Waals surface area contributed by atoms with Crippen LogP contribution in [0.2, 0.25) is 0 Å². The van der Waals surface area contributed by atoms with Gasteiger partial charge in [0.05, 0.1) is 16.6 Å². The number of imidazole rings is 1. The van der Waals surface area contributed by atoms with E-state index in [1.165, 1.54) is 32.7 Å². The van der Waals surface area contributed by atoms with Crippen molar-refractivity contribution in [2.45, 2.75) is 0 Å². The van der Waals surface area contributed by atoms with Gasteiger partial charge in [-0.1, -0.05) is 103 Å². The largest absolute Gasteiger partial charge is 0.316 e. The Hall–Kier alpha value is -6.72. The first-order valence-corrected chi connectivity index (χ1v) is 16.5. The maximum Gasteiger partial charge on any atom is 0.165 e. The second-order valence-corrected chi connectivity index (χ2v) is 12.3. The minimum atomic E-state index is 0.828. The van der Waals surface area contributed by atoms with Crippen molar-refractivity contribution in [3.05, 3.63) is 176 Å². The molecule has 230 valence electrons. The third kappa shape index (κ3) is 4.26. The fourth-order valence-electron chi connectivity index (χ4n) is 7.38. The molecule has 0 aliphatic rings. The Morgan fingerprint density at radius 1 is 0.490 bits per heavy atom. The zero-order chi connectivity index (χ0) is 32.3. The normalized spacial score (nSPS) is 11.7. The molecule has 0 saturated carbocycles. The van der Waals surface area contributed by atoms with Gasteiger partial charge in [-0.05, 0) is 66.2 Å². The van der Waals surface area contributed by atoms with Crippen molar-refractivity contribution in [1.82, 2.24) is 23.7 Å². The zero-order valence-corrected chi connectivity index (χ0v) is 26.5. The maximum absolute atomic E-state index is 5.29. The average Bonchev–Trinajstić information content (AvgIpc) is 3.88. The third-order valence-electron chi connectivity index (χ3n) is 9.53. The molecule has 10 rings (SSSR count). The molecule has 0 bridgehead atoms. The highest BCUT2D eigenvalue weighted by Gasteiger charge is 2.20. The smallest absolute Gasteiger partial charge is 0.165 e. The van der Waals surface area contributed by atoms with Crippen LogP contribution in [0.15, 0.2) is 176 Å². The van der Waals surface area contributed by atoms with Gasteiger partial charge in [0, 0.05) is 56.7 Å². The topological polar surface area (TPSA) is 40.6 Å². The van der Waals surface area contributed by atoms with Gasteiger partial charge in [-0.3, -0.25) is 4.57 Å². The van der Waals surface area contributed by atoms with Crippen LogP contribution in [0.3, 0.4) is 0 Å². The van der Waals surface area contributed by atoms with Crippen molar-refractivity contribution in [1.29, 1.82) is 0 Å². The van der Waals surface area contributed by atoms with Crippen molar-refractivity contribution in [2.75, 3.05) is 0 Å². The number of fused-ring (bicyclic) bond motifs is 6. The molecule has 10 aromatic rings. The summed E-state index contributed by atoms with van der Waals surface area (Å²) in [7, 11) is 0. The first-order chi connectivity index (χ1) is 24.3. The SMILES string of the molecule is c1ccc(-c2nc3c(-c4cccc(-n5c6ccccc6c6c7c(ccc65)ccn7-c5ccccc5)c4)ccnc3n2-c2ccccc2)cc1. The molecule has 0 amide bonds. The van der Waals surface area contributed by atoms with E-state index in [-0.39, 0.29) is 0 Å². The van der Waals surface area contributed by atoms with Crippen molar-refractivity contribution >= 4 is 43.9 Å². The van der Waals surface area contributed by atoms with Gasteiger partial charge >= 0.3 is 0 Å². The lowest BCUT2D eigenvalue weighted by molar-refractivity contribution is 1.08. The molecule has 0 N–H and O–H groups in total. The molecule has 0 aliphatic heterocycles. The molecule has 0 spiro atoms. The molecule has 0 radical (unpaired) electrons. The Morgan fingerprint density at radius 2 is 1.18 bits per heavy atom. The monoisotopic (exact) mass is 627 g/mol. The van der Waals surface area contributed by atoms with E-state index in [9.17, 15) is 0 Å². The van der Waals surface area contributed by atoms with Crippen LogP contribution in [0.5, 0.6) is 0 Å². The number of nitrogens with zero attached hydrogens (tertiary/aromatic N) is 5. The van der Waals surface area contributed by atoms with E-state index in [0.29, 0.717) is 0 Å². The van der Waals surface area contributed by atoms with Crippen LogP contribution in [-0.2, 0) is 0 Å². The maximum atomic E-state index is 5.29. The molecule has 4 aromatic heterocycles. The highest BCUT2D eigenvalue weighted by Crippen LogP contribution is 2.39. The molecule has 4 heterocycles. The summed E-state index contributed by atoms with van der Waals surface area (Å²) in [4.78, 5) is 10.2. The molecule has 0 saturated heterocycles. The number of rotatable bonds is 5. The van der Waals surface area contributed by atoms with Crippen LogP contribution >= 0.6 is 0 Å². The molecule has 0 unspecified atom stereocenters. The van der Waals surface area contributed by atoms with Gasteiger partial charge in [-0.2, -0.15) is 0 Å². The van der Waals surface area contributed by atoms with Gasteiger partial charge in [-0.25, -0.2) is 9.97 Å². The first kappa shape index (κ1) is 27.4. The first-order valence-electron chi connectivity index (χ1n) is 16.5. The van der Waals surface area contributed by atoms with Crippen LogP contribution in [0.25, 0.3) is 83.4 Å². The summed E-state index contributed by atoms with van der Waals surface area (Å²) in [5.74, 6) is 0.866. The highest BCUT2D eigenvalue weighted by atomic mass is 15.1. The van der Waals surface area contributed by atoms with E-state index in [0.717, 1.165) is 50.7 Å². The van der Waals surface area contributed by atoms with E-state index in [1.807, 2.05) is 18.3 Å². The lowest BCUT2D eigenvalue weighted by Crippen LogP contribution is -1.98. The predicted molar refractivity (Wildman–Crippen MR) is 201 cm³/mol. The van der Waals surface area contributed by atoms with Gasteiger partial charge in [0.15, 0.2) is 5.65 Å². The number of hydrogen-bond donors (Lipinski definition) is 0. The zero-order valence-electron chi connectivity index (χ0n) is 26.5. The van der Waals surface area contributed by atoms with Crippen molar-refractivity contribution in [3.63, 3.8) is 0 Å². The molecule has 5 nitrogen and oxygen atoms in total. The van der Waals surface area contributed by atoms with Gasteiger partial charge in [0.1, 0.15) is 11.3 Å². The third-order valence-corrected chi connectivity index (χ3v) is 9.53. The molecular formula is C44H29N5. The van der Waals surface area contributed by atoms with E-state index in [2.05, 4.69) is 172 Å². The lowest BCUT2D eigenvalue weighted by atomic mass is 10.0. The van der Waals surface area contributed by atoms with Crippen LogP contribution in [0.4, 0.5) is 0 Å². The predicted octanol–water partition coefficient (Wildman–Crippen LogP) is 10.8. The number of aromatic nitrogens is 5. The highest BCUT2D eigenvalue weighted by molar-refractivity contribution is 6.20. The Balaban J connectivity index is 1.21. The van der Waals surface area contributed by atoms with E-state index in [1.54, 1.807) is 0 Å². The van der Waals surface area contributed by atoms with Gasteiger partial charge in [-0.15, -0.1) is 0 Å². The second kappa shape index (κ2) is 10.9.